The molecule has 2 heterocycles. The summed E-state index contributed by atoms with van der Waals surface area (Å²) in [5, 5.41) is 9.56. The number of likely N-dealkylation sites (N-methyl/N-ethyl adjacent to an activating group) is 1. The maximum Gasteiger partial charge on any atom is 0.227 e. The minimum Gasteiger partial charge on any atom is -0.393 e. The Hall–Kier alpha value is -1.10. The molecule has 2 amide bonds. The summed E-state index contributed by atoms with van der Waals surface area (Å²) < 4.78 is 0. The zero-order valence-corrected chi connectivity index (χ0v) is 12.1. The number of hydrogen-bond donors (Lipinski definition) is 1. The standard InChI is InChI=1S/C15H24N2O3/c1-16-9-13-12(15(16)20)3-2-8-17(13)14(19)10-4-6-11(18)7-5-10/h10-13,18H,2-9H2,1H3/t10?,11?,12-,13-/m1/s1. The van der Waals surface area contributed by atoms with E-state index in [2.05, 4.69) is 0 Å². The Morgan fingerprint density at radius 3 is 2.60 bits per heavy atom. The second-order valence-corrected chi connectivity index (χ2v) is 6.57. The Balaban J connectivity index is 1.70. The Morgan fingerprint density at radius 2 is 1.90 bits per heavy atom. The molecule has 2 atom stereocenters. The molecule has 112 valence electrons. The fourth-order valence-corrected chi connectivity index (χ4v) is 4.06. The highest BCUT2D eigenvalue weighted by Crippen LogP contribution is 2.34. The lowest BCUT2D eigenvalue weighted by Gasteiger charge is -2.39. The molecule has 3 aliphatic rings. The van der Waals surface area contributed by atoms with Gasteiger partial charge in [0.1, 0.15) is 0 Å². The Labute approximate surface area is 119 Å². The predicted molar refractivity (Wildman–Crippen MR) is 73.8 cm³/mol. The van der Waals surface area contributed by atoms with Crippen LogP contribution >= 0.6 is 0 Å². The average molecular weight is 280 g/mol. The van der Waals surface area contributed by atoms with Gasteiger partial charge < -0.3 is 14.9 Å². The predicted octanol–water partition coefficient (Wildman–Crippen LogP) is 0.617. The number of carbonyl (C=O) groups excluding carboxylic acids is 2. The van der Waals surface area contributed by atoms with Crippen LogP contribution in [0.15, 0.2) is 0 Å². The van der Waals surface area contributed by atoms with Crippen LogP contribution in [0.3, 0.4) is 0 Å². The van der Waals surface area contributed by atoms with Crippen LogP contribution in [0.2, 0.25) is 0 Å². The molecule has 20 heavy (non-hydrogen) atoms. The first-order chi connectivity index (χ1) is 9.58. The molecular weight excluding hydrogens is 256 g/mol. The van der Waals surface area contributed by atoms with E-state index in [1.54, 1.807) is 4.90 Å². The molecule has 2 aliphatic heterocycles. The largest absolute Gasteiger partial charge is 0.393 e. The number of aliphatic hydroxyl groups is 1. The molecule has 0 spiro atoms. The molecule has 0 unspecified atom stereocenters. The maximum absolute atomic E-state index is 12.7. The van der Waals surface area contributed by atoms with Crippen molar-refractivity contribution in [1.82, 2.24) is 9.80 Å². The van der Waals surface area contributed by atoms with Crippen molar-refractivity contribution in [3.8, 4) is 0 Å². The zero-order chi connectivity index (χ0) is 14.3. The number of rotatable bonds is 1. The molecule has 5 heteroatoms. The first-order valence-corrected chi connectivity index (χ1v) is 7.81. The van der Waals surface area contributed by atoms with Gasteiger partial charge in [0.25, 0.3) is 0 Å². The van der Waals surface area contributed by atoms with E-state index >= 15 is 0 Å². The van der Waals surface area contributed by atoms with Crippen LogP contribution < -0.4 is 0 Å². The summed E-state index contributed by atoms with van der Waals surface area (Å²) in [6.07, 6.45) is 4.67. The van der Waals surface area contributed by atoms with Crippen molar-refractivity contribution in [1.29, 1.82) is 0 Å². The van der Waals surface area contributed by atoms with Crippen molar-refractivity contribution < 1.29 is 14.7 Å². The number of amides is 2. The molecule has 1 aliphatic carbocycles. The summed E-state index contributed by atoms with van der Waals surface area (Å²) in [7, 11) is 1.83. The molecule has 3 rings (SSSR count). The SMILES string of the molecule is CN1C[C@@H]2[C@@H](CCCN2C(=O)C2CCC(O)CC2)C1=O. The van der Waals surface area contributed by atoms with Crippen LogP contribution in [0.25, 0.3) is 0 Å². The maximum atomic E-state index is 12.7. The van der Waals surface area contributed by atoms with Crippen molar-refractivity contribution in [3.63, 3.8) is 0 Å². The number of likely N-dealkylation sites (tertiary alicyclic amines) is 2. The molecule has 0 radical (unpaired) electrons. The fourth-order valence-electron chi connectivity index (χ4n) is 4.06. The van der Waals surface area contributed by atoms with Crippen molar-refractivity contribution in [2.24, 2.45) is 11.8 Å². The third-order valence-corrected chi connectivity index (χ3v) is 5.26. The molecule has 0 aromatic heterocycles. The quantitative estimate of drug-likeness (QED) is 0.766. The van der Waals surface area contributed by atoms with E-state index in [9.17, 15) is 14.7 Å². The lowest BCUT2D eigenvalue weighted by Crippen LogP contribution is -2.51. The van der Waals surface area contributed by atoms with Gasteiger partial charge in [-0.15, -0.1) is 0 Å². The molecule has 0 aromatic rings. The van der Waals surface area contributed by atoms with Crippen molar-refractivity contribution >= 4 is 11.8 Å². The van der Waals surface area contributed by atoms with Gasteiger partial charge in [-0.1, -0.05) is 0 Å². The van der Waals surface area contributed by atoms with Gasteiger partial charge in [0, 0.05) is 26.1 Å². The number of aliphatic hydroxyl groups excluding tert-OH is 1. The molecule has 5 nitrogen and oxygen atoms in total. The van der Waals surface area contributed by atoms with Gasteiger partial charge in [0.2, 0.25) is 11.8 Å². The fraction of sp³-hybridized carbons (Fsp3) is 0.867. The van der Waals surface area contributed by atoms with Crippen molar-refractivity contribution in [3.05, 3.63) is 0 Å². The third kappa shape index (κ3) is 2.32. The molecule has 2 saturated heterocycles. The first kappa shape index (κ1) is 13.9. The number of nitrogens with zero attached hydrogens (tertiary/aromatic N) is 2. The summed E-state index contributed by atoms with van der Waals surface area (Å²) in [5.74, 6) is 0.492. The van der Waals surface area contributed by atoms with Gasteiger partial charge in [0.15, 0.2) is 0 Å². The van der Waals surface area contributed by atoms with Gasteiger partial charge in [0.05, 0.1) is 18.1 Å². The van der Waals surface area contributed by atoms with Crippen molar-refractivity contribution in [2.75, 3.05) is 20.1 Å². The second kappa shape index (κ2) is 5.35. The number of hydrogen-bond acceptors (Lipinski definition) is 3. The Kier molecular flexibility index (Phi) is 3.71. The molecule has 1 N–H and O–H groups in total. The van der Waals surface area contributed by atoms with E-state index in [0.717, 1.165) is 45.1 Å². The van der Waals surface area contributed by atoms with Crippen LogP contribution in [-0.2, 0) is 9.59 Å². The van der Waals surface area contributed by atoms with Crippen LogP contribution in [0, 0.1) is 11.8 Å². The third-order valence-electron chi connectivity index (χ3n) is 5.26. The zero-order valence-electron chi connectivity index (χ0n) is 12.1. The lowest BCUT2D eigenvalue weighted by atomic mass is 9.84. The topological polar surface area (TPSA) is 60.9 Å². The highest BCUT2D eigenvalue weighted by molar-refractivity contribution is 5.85. The van der Waals surface area contributed by atoms with E-state index in [0.29, 0.717) is 6.54 Å². The van der Waals surface area contributed by atoms with Gasteiger partial charge in [-0.3, -0.25) is 9.59 Å². The highest BCUT2D eigenvalue weighted by Gasteiger charge is 2.46. The summed E-state index contributed by atoms with van der Waals surface area (Å²) in [4.78, 5) is 28.6. The van der Waals surface area contributed by atoms with E-state index in [-0.39, 0.29) is 35.8 Å². The van der Waals surface area contributed by atoms with E-state index in [4.69, 9.17) is 0 Å². The minimum absolute atomic E-state index is 0.0203. The normalized spacial score (nSPS) is 38.0. The lowest BCUT2D eigenvalue weighted by molar-refractivity contribution is -0.142. The molecular formula is C15H24N2O3. The van der Waals surface area contributed by atoms with Gasteiger partial charge in [-0.2, -0.15) is 0 Å². The molecule has 0 aromatic carbocycles. The first-order valence-electron chi connectivity index (χ1n) is 7.81. The molecule has 1 saturated carbocycles. The Morgan fingerprint density at radius 1 is 1.20 bits per heavy atom. The highest BCUT2D eigenvalue weighted by atomic mass is 16.3. The van der Waals surface area contributed by atoms with E-state index in [1.165, 1.54) is 0 Å². The number of carbonyl (C=O) groups is 2. The van der Waals surface area contributed by atoms with Gasteiger partial charge >= 0.3 is 0 Å². The van der Waals surface area contributed by atoms with Crippen LogP contribution in [-0.4, -0.2) is 59.0 Å². The number of fused-ring (bicyclic) bond motifs is 1. The summed E-state index contributed by atoms with van der Waals surface area (Å²) >= 11 is 0. The van der Waals surface area contributed by atoms with Crippen LogP contribution in [0.5, 0.6) is 0 Å². The minimum atomic E-state index is -0.229. The van der Waals surface area contributed by atoms with Crippen LogP contribution in [0.4, 0.5) is 0 Å². The number of piperidine rings is 1. The summed E-state index contributed by atoms with van der Waals surface area (Å²) in [6.45, 7) is 1.48. The summed E-state index contributed by atoms with van der Waals surface area (Å²) in [6, 6.07) is 0.0839. The van der Waals surface area contributed by atoms with Gasteiger partial charge in [-0.25, -0.2) is 0 Å². The Bertz CT molecular complexity index is 404. The molecule has 0 bridgehead atoms. The van der Waals surface area contributed by atoms with E-state index < -0.39 is 0 Å². The smallest absolute Gasteiger partial charge is 0.227 e. The average Bonchev–Trinajstić information content (AvgIpc) is 2.74. The molecule has 3 fully saturated rings. The second-order valence-electron chi connectivity index (χ2n) is 6.57. The van der Waals surface area contributed by atoms with E-state index in [1.807, 2.05) is 11.9 Å². The van der Waals surface area contributed by atoms with Crippen molar-refractivity contribution in [2.45, 2.75) is 50.7 Å². The monoisotopic (exact) mass is 280 g/mol. The van der Waals surface area contributed by atoms with Gasteiger partial charge in [-0.05, 0) is 38.5 Å². The summed E-state index contributed by atoms with van der Waals surface area (Å²) in [5.41, 5.74) is 0. The van der Waals surface area contributed by atoms with Crippen LogP contribution in [0.1, 0.15) is 38.5 Å².